The van der Waals surface area contributed by atoms with Crippen LogP contribution in [0, 0.1) is 12.8 Å². The summed E-state index contributed by atoms with van der Waals surface area (Å²) in [5, 5.41) is 0. The van der Waals surface area contributed by atoms with E-state index in [1.165, 1.54) is 0 Å². The van der Waals surface area contributed by atoms with Gasteiger partial charge in [-0.05, 0) is 32.4 Å². The summed E-state index contributed by atoms with van der Waals surface area (Å²) in [5.74, 6) is -0.357. The molecule has 1 unspecified atom stereocenters. The van der Waals surface area contributed by atoms with Crippen molar-refractivity contribution in [3.05, 3.63) is 29.6 Å². The van der Waals surface area contributed by atoms with Gasteiger partial charge in [0, 0.05) is 12.2 Å². The van der Waals surface area contributed by atoms with Crippen LogP contribution < -0.4 is 5.73 Å². The van der Waals surface area contributed by atoms with Gasteiger partial charge in [-0.15, -0.1) is 0 Å². The molecule has 0 aliphatic heterocycles. The molecule has 0 radical (unpaired) electrons. The predicted octanol–water partition coefficient (Wildman–Crippen LogP) is 2.44. The fourth-order valence-electron chi connectivity index (χ4n) is 2.13. The second kappa shape index (κ2) is 7.94. The number of pyridine rings is 1. The fourth-order valence-corrected chi connectivity index (χ4v) is 2.34. The molecule has 1 rings (SSSR count). The lowest BCUT2D eigenvalue weighted by Gasteiger charge is -2.25. The Morgan fingerprint density at radius 2 is 2.15 bits per heavy atom. The Bertz CT molecular complexity index is 476. The molecule has 1 atom stereocenters. The number of aryl methyl sites for hydroxylation is 1. The number of nitrogens with zero attached hydrogens (tertiary/aromatic N) is 2. The Labute approximate surface area is 126 Å². The van der Waals surface area contributed by atoms with Crippen LogP contribution in [0.25, 0.3) is 0 Å². The summed E-state index contributed by atoms with van der Waals surface area (Å²) >= 11 is 5.03. The van der Waals surface area contributed by atoms with E-state index in [-0.39, 0.29) is 16.8 Å². The van der Waals surface area contributed by atoms with Gasteiger partial charge in [0.1, 0.15) is 0 Å². The van der Waals surface area contributed by atoms with E-state index < -0.39 is 0 Å². The third-order valence-corrected chi connectivity index (χ3v) is 3.50. The smallest absolute Gasteiger partial charge is 0.232 e. The number of rotatable bonds is 7. The van der Waals surface area contributed by atoms with Gasteiger partial charge in [-0.3, -0.25) is 9.78 Å². The number of aromatic nitrogens is 1. The van der Waals surface area contributed by atoms with Gasteiger partial charge >= 0.3 is 0 Å². The van der Waals surface area contributed by atoms with Crippen molar-refractivity contribution in [2.75, 3.05) is 6.54 Å². The van der Waals surface area contributed by atoms with Crippen molar-refractivity contribution in [2.24, 2.45) is 11.7 Å². The first-order chi connectivity index (χ1) is 9.49. The third kappa shape index (κ3) is 4.56. The Morgan fingerprint density at radius 3 is 2.65 bits per heavy atom. The summed E-state index contributed by atoms with van der Waals surface area (Å²) in [7, 11) is 0. The molecule has 0 fully saturated rings. The summed E-state index contributed by atoms with van der Waals surface area (Å²) in [4.78, 5) is 19.0. The minimum Gasteiger partial charge on any atom is -0.393 e. The van der Waals surface area contributed by atoms with E-state index in [4.69, 9.17) is 18.0 Å². The number of amides is 1. The molecule has 0 aliphatic rings. The van der Waals surface area contributed by atoms with Gasteiger partial charge in [0.05, 0.1) is 23.1 Å². The topological polar surface area (TPSA) is 59.2 Å². The van der Waals surface area contributed by atoms with E-state index in [2.05, 4.69) is 4.98 Å². The number of hydrogen-bond acceptors (Lipinski definition) is 3. The average molecular weight is 293 g/mol. The maximum atomic E-state index is 12.5. The molecule has 20 heavy (non-hydrogen) atoms. The normalized spacial score (nSPS) is 11.9. The van der Waals surface area contributed by atoms with E-state index in [9.17, 15) is 4.79 Å². The molecule has 1 aromatic rings. The highest BCUT2D eigenvalue weighted by atomic mass is 32.1. The maximum absolute atomic E-state index is 12.5. The van der Waals surface area contributed by atoms with Gasteiger partial charge in [-0.25, -0.2) is 0 Å². The van der Waals surface area contributed by atoms with Crippen LogP contribution in [0.1, 0.15) is 38.1 Å². The van der Waals surface area contributed by atoms with E-state index >= 15 is 0 Å². The number of carbonyl (C=O) groups is 1. The molecule has 0 saturated heterocycles. The first kappa shape index (κ1) is 16.6. The number of carbonyl (C=O) groups excluding carboxylic acids is 1. The second-order valence-corrected chi connectivity index (χ2v) is 5.34. The molecule has 0 aliphatic carbocycles. The number of nitrogens with two attached hydrogens (primary N) is 1. The van der Waals surface area contributed by atoms with Crippen LogP contribution in [0.4, 0.5) is 0 Å². The highest BCUT2D eigenvalue weighted by Crippen LogP contribution is 2.13. The number of thiocarbonyl (C=S) groups is 1. The molecule has 110 valence electrons. The zero-order valence-corrected chi connectivity index (χ0v) is 13.2. The van der Waals surface area contributed by atoms with Crippen LogP contribution in [0.15, 0.2) is 18.2 Å². The van der Waals surface area contributed by atoms with E-state index in [0.29, 0.717) is 19.5 Å². The van der Waals surface area contributed by atoms with Gasteiger partial charge in [0.2, 0.25) is 5.91 Å². The third-order valence-electron chi connectivity index (χ3n) is 3.21. The van der Waals surface area contributed by atoms with Gasteiger partial charge in [-0.2, -0.15) is 0 Å². The molecule has 0 aromatic carbocycles. The summed E-state index contributed by atoms with van der Waals surface area (Å²) in [6, 6.07) is 5.82. The van der Waals surface area contributed by atoms with Crippen molar-refractivity contribution in [3.8, 4) is 0 Å². The molecule has 1 heterocycles. The van der Waals surface area contributed by atoms with Crippen molar-refractivity contribution in [2.45, 2.75) is 40.2 Å². The summed E-state index contributed by atoms with van der Waals surface area (Å²) in [6.45, 7) is 7.04. The molecule has 5 heteroatoms. The van der Waals surface area contributed by atoms with Crippen LogP contribution in [-0.4, -0.2) is 27.3 Å². The molecule has 1 aromatic heterocycles. The SMILES string of the molecule is CCCC(C(=O)N(CC)Cc1cccc(C)n1)C(N)=S. The number of hydrogen-bond donors (Lipinski definition) is 1. The fraction of sp³-hybridized carbons (Fsp3) is 0.533. The first-order valence-corrected chi connectivity index (χ1v) is 7.41. The minimum atomic E-state index is -0.361. The lowest BCUT2D eigenvalue weighted by atomic mass is 10.0. The van der Waals surface area contributed by atoms with Gasteiger partial charge < -0.3 is 10.6 Å². The molecule has 4 nitrogen and oxygen atoms in total. The Kier molecular flexibility index (Phi) is 6.58. The maximum Gasteiger partial charge on any atom is 0.232 e. The van der Waals surface area contributed by atoms with Crippen molar-refractivity contribution >= 4 is 23.1 Å². The molecular formula is C15H23N3OS. The van der Waals surface area contributed by atoms with Gasteiger partial charge in [0.15, 0.2) is 0 Å². The summed E-state index contributed by atoms with van der Waals surface area (Å²) < 4.78 is 0. The molecule has 0 bridgehead atoms. The van der Waals surface area contributed by atoms with Crippen LogP contribution in [0.3, 0.4) is 0 Å². The lowest BCUT2D eigenvalue weighted by Crippen LogP contribution is -2.41. The zero-order chi connectivity index (χ0) is 15.1. The van der Waals surface area contributed by atoms with Crippen LogP contribution in [-0.2, 0) is 11.3 Å². The predicted molar refractivity (Wildman–Crippen MR) is 85.2 cm³/mol. The molecule has 0 saturated carbocycles. The quantitative estimate of drug-likeness (QED) is 0.784. The minimum absolute atomic E-state index is 0.00477. The second-order valence-electron chi connectivity index (χ2n) is 4.87. The summed E-state index contributed by atoms with van der Waals surface area (Å²) in [6.07, 6.45) is 1.58. The summed E-state index contributed by atoms with van der Waals surface area (Å²) in [5.41, 5.74) is 7.54. The Morgan fingerprint density at radius 1 is 1.45 bits per heavy atom. The van der Waals surface area contributed by atoms with Gasteiger partial charge in [0.25, 0.3) is 0 Å². The van der Waals surface area contributed by atoms with E-state index in [1.807, 2.05) is 39.0 Å². The molecule has 1 amide bonds. The van der Waals surface area contributed by atoms with E-state index in [0.717, 1.165) is 17.8 Å². The highest BCUT2D eigenvalue weighted by Gasteiger charge is 2.25. The van der Waals surface area contributed by atoms with Crippen molar-refractivity contribution in [1.82, 2.24) is 9.88 Å². The zero-order valence-electron chi connectivity index (χ0n) is 12.4. The van der Waals surface area contributed by atoms with E-state index in [1.54, 1.807) is 4.90 Å². The van der Waals surface area contributed by atoms with Crippen molar-refractivity contribution in [3.63, 3.8) is 0 Å². The standard InChI is InChI=1S/C15H23N3OS/c1-4-7-13(14(16)20)15(19)18(5-2)10-12-9-6-8-11(3)17-12/h6,8-9,13H,4-5,7,10H2,1-3H3,(H2,16,20). The first-order valence-electron chi connectivity index (χ1n) is 7.00. The highest BCUT2D eigenvalue weighted by molar-refractivity contribution is 7.80. The van der Waals surface area contributed by atoms with Crippen molar-refractivity contribution in [1.29, 1.82) is 0 Å². The van der Waals surface area contributed by atoms with Crippen LogP contribution in [0.5, 0.6) is 0 Å². The van der Waals surface area contributed by atoms with Crippen LogP contribution >= 0.6 is 12.2 Å². The molecular weight excluding hydrogens is 270 g/mol. The van der Waals surface area contributed by atoms with Crippen molar-refractivity contribution < 1.29 is 4.79 Å². The Balaban J connectivity index is 2.83. The molecule has 2 N–H and O–H groups in total. The molecule has 0 spiro atoms. The average Bonchev–Trinajstić information content (AvgIpc) is 2.41. The largest absolute Gasteiger partial charge is 0.393 e. The monoisotopic (exact) mass is 293 g/mol. The van der Waals surface area contributed by atoms with Crippen LogP contribution in [0.2, 0.25) is 0 Å². The lowest BCUT2D eigenvalue weighted by molar-refractivity contribution is -0.134. The van der Waals surface area contributed by atoms with Gasteiger partial charge in [-0.1, -0.05) is 31.6 Å². The Hall–Kier alpha value is -1.49.